The molecule has 4 heteroatoms. The van der Waals surface area contributed by atoms with Gasteiger partial charge in [0.1, 0.15) is 5.82 Å². The van der Waals surface area contributed by atoms with Gasteiger partial charge in [-0.2, -0.15) is 0 Å². The van der Waals surface area contributed by atoms with Gasteiger partial charge in [-0.05, 0) is 50.6 Å². The summed E-state index contributed by atoms with van der Waals surface area (Å²) in [5.74, 6) is -0.319. The van der Waals surface area contributed by atoms with Crippen molar-refractivity contribution in [2.75, 3.05) is 5.32 Å². The van der Waals surface area contributed by atoms with Gasteiger partial charge in [0.05, 0.1) is 10.7 Å². The van der Waals surface area contributed by atoms with Crippen LogP contribution in [0.15, 0.2) is 24.3 Å². The largest absolute Gasteiger partial charge is 0.377 e. The summed E-state index contributed by atoms with van der Waals surface area (Å²) >= 11 is 7.79. The Balaban J connectivity index is 2.21. The SMILES string of the molecule is Cc1cc(C(C)Nc2ccc(F)cc2Cl)c(C)s1. The van der Waals surface area contributed by atoms with Crippen LogP contribution in [0.2, 0.25) is 5.02 Å². The van der Waals surface area contributed by atoms with E-state index >= 15 is 0 Å². The molecule has 1 unspecified atom stereocenters. The van der Waals surface area contributed by atoms with Crippen LogP contribution in [0, 0.1) is 19.7 Å². The highest BCUT2D eigenvalue weighted by atomic mass is 35.5. The van der Waals surface area contributed by atoms with Gasteiger partial charge in [-0.3, -0.25) is 0 Å². The van der Waals surface area contributed by atoms with Crippen LogP contribution in [-0.2, 0) is 0 Å². The molecule has 1 atom stereocenters. The molecule has 1 N–H and O–H groups in total. The van der Waals surface area contributed by atoms with Crippen molar-refractivity contribution in [3.63, 3.8) is 0 Å². The lowest BCUT2D eigenvalue weighted by atomic mass is 10.1. The molecule has 0 bridgehead atoms. The van der Waals surface area contributed by atoms with E-state index in [1.165, 1.54) is 27.5 Å². The molecule has 0 fully saturated rings. The predicted octanol–water partition coefficient (Wildman–Crippen LogP) is 5.33. The van der Waals surface area contributed by atoms with Gasteiger partial charge in [-0.1, -0.05) is 11.6 Å². The molecule has 0 radical (unpaired) electrons. The normalized spacial score (nSPS) is 12.5. The van der Waals surface area contributed by atoms with E-state index in [1.54, 1.807) is 17.4 Å². The minimum atomic E-state index is -0.319. The highest BCUT2D eigenvalue weighted by Crippen LogP contribution is 2.31. The third-order valence-corrected chi connectivity index (χ3v) is 4.14. The molecular weight excluding hydrogens is 269 g/mol. The summed E-state index contributed by atoms with van der Waals surface area (Å²) in [6.45, 7) is 6.28. The Bertz CT molecular complexity index is 565. The molecule has 0 saturated heterocycles. The van der Waals surface area contributed by atoms with Crippen LogP contribution < -0.4 is 5.32 Å². The number of rotatable bonds is 3. The molecular formula is C14H15ClFNS. The second-order valence-electron chi connectivity index (χ2n) is 4.36. The van der Waals surface area contributed by atoms with E-state index in [4.69, 9.17) is 11.6 Å². The highest BCUT2D eigenvalue weighted by Gasteiger charge is 2.12. The van der Waals surface area contributed by atoms with Crippen molar-refractivity contribution in [3.05, 3.63) is 50.4 Å². The molecule has 1 aromatic heterocycles. The van der Waals surface area contributed by atoms with Crippen LogP contribution >= 0.6 is 22.9 Å². The second-order valence-corrected chi connectivity index (χ2v) is 6.23. The van der Waals surface area contributed by atoms with E-state index in [-0.39, 0.29) is 11.9 Å². The molecule has 0 aliphatic heterocycles. The number of halogens is 2. The number of aryl methyl sites for hydroxylation is 2. The monoisotopic (exact) mass is 283 g/mol. The van der Waals surface area contributed by atoms with E-state index < -0.39 is 0 Å². The lowest BCUT2D eigenvalue weighted by Gasteiger charge is -2.16. The first-order chi connectivity index (χ1) is 8.47. The first-order valence-electron chi connectivity index (χ1n) is 5.76. The minimum absolute atomic E-state index is 0.151. The maximum Gasteiger partial charge on any atom is 0.124 e. The molecule has 0 aliphatic carbocycles. The van der Waals surface area contributed by atoms with Crippen molar-refractivity contribution < 1.29 is 4.39 Å². The number of hydrogen-bond acceptors (Lipinski definition) is 2. The second kappa shape index (κ2) is 5.29. The van der Waals surface area contributed by atoms with Crippen molar-refractivity contribution in [2.45, 2.75) is 26.8 Å². The van der Waals surface area contributed by atoms with Crippen LogP contribution in [0.25, 0.3) is 0 Å². The predicted molar refractivity (Wildman–Crippen MR) is 77.2 cm³/mol. The molecule has 0 saturated carbocycles. The van der Waals surface area contributed by atoms with E-state index in [0.717, 1.165) is 5.69 Å². The third kappa shape index (κ3) is 2.85. The fourth-order valence-electron chi connectivity index (χ4n) is 2.00. The lowest BCUT2D eigenvalue weighted by Crippen LogP contribution is -2.07. The zero-order valence-electron chi connectivity index (χ0n) is 10.6. The number of benzene rings is 1. The summed E-state index contributed by atoms with van der Waals surface area (Å²) in [5, 5.41) is 3.72. The Morgan fingerprint density at radius 3 is 2.56 bits per heavy atom. The maximum atomic E-state index is 13.0. The third-order valence-electron chi connectivity index (χ3n) is 2.85. The minimum Gasteiger partial charge on any atom is -0.377 e. The number of thiophene rings is 1. The van der Waals surface area contributed by atoms with Gasteiger partial charge in [0.15, 0.2) is 0 Å². The van der Waals surface area contributed by atoms with Gasteiger partial charge in [-0.15, -0.1) is 11.3 Å². The average molecular weight is 284 g/mol. The van der Waals surface area contributed by atoms with Crippen LogP contribution in [-0.4, -0.2) is 0 Å². The summed E-state index contributed by atoms with van der Waals surface area (Å²) < 4.78 is 13.0. The van der Waals surface area contributed by atoms with Crippen molar-refractivity contribution in [1.29, 1.82) is 0 Å². The van der Waals surface area contributed by atoms with E-state index in [0.29, 0.717) is 5.02 Å². The summed E-state index contributed by atoms with van der Waals surface area (Å²) in [4.78, 5) is 2.59. The van der Waals surface area contributed by atoms with Crippen molar-refractivity contribution in [2.24, 2.45) is 0 Å². The van der Waals surface area contributed by atoms with Crippen molar-refractivity contribution >= 4 is 28.6 Å². The Kier molecular flexibility index (Phi) is 3.93. The first kappa shape index (κ1) is 13.4. The Morgan fingerprint density at radius 1 is 1.28 bits per heavy atom. The molecule has 0 amide bonds. The number of hydrogen-bond donors (Lipinski definition) is 1. The van der Waals surface area contributed by atoms with Crippen LogP contribution in [0.5, 0.6) is 0 Å². The molecule has 1 nitrogen and oxygen atoms in total. The zero-order valence-corrected chi connectivity index (χ0v) is 12.1. The highest BCUT2D eigenvalue weighted by molar-refractivity contribution is 7.12. The van der Waals surface area contributed by atoms with Gasteiger partial charge < -0.3 is 5.32 Å². The smallest absolute Gasteiger partial charge is 0.124 e. The fourth-order valence-corrected chi connectivity index (χ4v) is 3.24. The maximum absolute atomic E-state index is 13.0. The summed E-state index contributed by atoms with van der Waals surface area (Å²) in [5.41, 5.74) is 2.02. The lowest BCUT2D eigenvalue weighted by molar-refractivity contribution is 0.628. The molecule has 2 aromatic rings. The number of anilines is 1. The first-order valence-corrected chi connectivity index (χ1v) is 6.95. The Morgan fingerprint density at radius 2 is 2.00 bits per heavy atom. The van der Waals surface area contributed by atoms with Gasteiger partial charge in [0.2, 0.25) is 0 Å². The Hall–Kier alpha value is -1.06. The van der Waals surface area contributed by atoms with Crippen molar-refractivity contribution in [1.82, 2.24) is 0 Å². The molecule has 96 valence electrons. The van der Waals surface area contributed by atoms with Crippen LogP contribution in [0.1, 0.15) is 28.3 Å². The Labute approximate surface area is 116 Å². The van der Waals surface area contributed by atoms with Gasteiger partial charge in [0.25, 0.3) is 0 Å². The molecule has 1 heterocycles. The van der Waals surface area contributed by atoms with E-state index in [1.807, 2.05) is 0 Å². The summed E-state index contributed by atoms with van der Waals surface area (Å²) in [6.07, 6.45) is 0. The fraction of sp³-hybridized carbons (Fsp3) is 0.286. The van der Waals surface area contributed by atoms with E-state index in [9.17, 15) is 4.39 Å². The molecule has 18 heavy (non-hydrogen) atoms. The topological polar surface area (TPSA) is 12.0 Å². The molecule has 1 aromatic carbocycles. The average Bonchev–Trinajstić information content (AvgIpc) is 2.62. The molecule has 0 aliphatic rings. The summed E-state index contributed by atoms with van der Waals surface area (Å²) in [7, 11) is 0. The van der Waals surface area contributed by atoms with Gasteiger partial charge >= 0.3 is 0 Å². The molecule has 0 spiro atoms. The van der Waals surface area contributed by atoms with Gasteiger partial charge in [0, 0.05) is 15.8 Å². The zero-order chi connectivity index (χ0) is 13.3. The van der Waals surface area contributed by atoms with Crippen LogP contribution in [0.4, 0.5) is 10.1 Å². The summed E-state index contributed by atoms with van der Waals surface area (Å²) in [6, 6.07) is 6.73. The van der Waals surface area contributed by atoms with E-state index in [2.05, 4.69) is 32.2 Å². The quantitative estimate of drug-likeness (QED) is 0.803. The standard InChI is InChI=1S/C14H15ClFNS/c1-8-6-12(10(3)18-8)9(2)17-14-5-4-11(16)7-13(14)15/h4-7,9,17H,1-3H3. The molecule has 2 rings (SSSR count). The van der Waals surface area contributed by atoms with Crippen molar-refractivity contribution in [3.8, 4) is 0 Å². The van der Waals surface area contributed by atoms with Crippen LogP contribution in [0.3, 0.4) is 0 Å². The van der Waals surface area contributed by atoms with Gasteiger partial charge in [-0.25, -0.2) is 4.39 Å². The number of nitrogens with one attached hydrogen (secondary N) is 1.